The highest BCUT2D eigenvalue weighted by Crippen LogP contribution is 2.42. The fourth-order valence-corrected chi connectivity index (χ4v) is 3.77. The van der Waals surface area contributed by atoms with E-state index in [-0.39, 0.29) is 23.1 Å². The van der Waals surface area contributed by atoms with Crippen LogP contribution in [0.1, 0.15) is 24.0 Å². The summed E-state index contributed by atoms with van der Waals surface area (Å²) in [6, 6.07) is 8.86. The second-order valence-electron chi connectivity index (χ2n) is 6.66. The van der Waals surface area contributed by atoms with E-state index in [9.17, 15) is 22.8 Å². The lowest BCUT2D eigenvalue weighted by Gasteiger charge is -2.31. The van der Waals surface area contributed by atoms with Gasteiger partial charge in [-0.3, -0.25) is 4.79 Å². The summed E-state index contributed by atoms with van der Waals surface area (Å²) in [5.41, 5.74) is 0.0192. The van der Waals surface area contributed by atoms with Crippen molar-refractivity contribution in [3.8, 4) is 0 Å². The molecule has 2 rings (SSSR count). The maximum Gasteiger partial charge on any atom is 0.404 e. The molecule has 168 valence electrons. The summed E-state index contributed by atoms with van der Waals surface area (Å²) >= 11 is 17.8. The molecule has 0 spiro atoms. The van der Waals surface area contributed by atoms with Gasteiger partial charge in [-0.15, -0.1) is 0 Å². The molecule has 2 unspecified atom stereocenters. The van der Waals surface area contributed by atoms with Crippen LogP contribution in [0.3, 0.4) is 0 Å². The van der Waals surface area contributed by atoms with E-state index in [1.165, 1.54) is 18.2 Å². The first kappa shape index (κ1) is 25.3. The number of halogens is 6. The topological polar surface area (TPSA) is 46.6 Å². The van der Waals surface area contributed by atoms with Crippen LogP contribution >= 0.6 is 34.8 Å². The fourth-order valence-electron chi connectivity index (χ4n) is 3.03. The van der Waals surface area contributed by atoms with Crippen molar-refractivity contribution < 1.29 is 27.5 Å². The second kappa shape index (κ2) is 10.6. The molecule has 10 heteroatoms. The van der Waals surface area contributed by atoms with Crippen LogP contribution in [0.5, 0.6) is 0 Å². The first-order valence-electron chi connectivity index (χ1n) is 9.15. The van der Waals surface area contributed by atoms with Gasteiger partial charge in [-0.25, -0.2) is 4.79 Å². The summed E-state index contributed by atoms with van der Waals surface area (Å²) in [7, 11) is 1.11. The van der Waals surface area contributed by atoms with Crippen LogP contribution in [0.2, 0.25) is 15.1 Å². The number of esters is 1. The molecule has 1 amide bonds. The number of rotatable bonds is 7. The number of carbonyl (C=O) groups is 2. The van der Waals surface area contributed by atoms with Gasteiger partial charge in [0.25, 0.3) is 0 Å². The Labute approximate surface area is 192 Å². The summed E-state index contributed by atoms with van der Waals surface area (Å²) < 4.78 is 46.9. The van der Waals surface area contributed by atoms with Crippen molar-refractivity contribution >= 4 is 46.7 Å². The van der Waals surface area contributed by atoms with Gasteiger partial charge in [0.1, 0.15) is 6.04 Å². The number of ether oxygens (including phenoxy) is 1. The molecule has 0 N–H and O–H groups in total. The predicted molar refractivity (Wildman–Crippen MR) is 114 cm³/mol. The molecule has 0 aliphatic carbocycles. The lowest BCUT2D eigenvalue weighted by atomic mass is 9.95. The largest absolute Gasteiger partial charge is 0.464 e. The standard InChI is InChI=1S/C21H19Cl3F3NO3/c1-3-31-20(30)16(11-12-7-9-13(22)10-8-12)28(2)19(29)18(21(25,26)27)17-14(23)5-4-6-15(17)24/h4-10,16,18H,3,11H2,1-2H3. The van der Waals surface area contributed by atoms with Gasteiger partial charge >= 0.3 is 12.1 Å². The first-order chi connectivity index (χ1) is 14.5. The van der Waals surface area contributed by atoms with Crippen molar-refractivity contribution in [2.75, 3.05) is 13.7 Å². The highest BCUT2D eigenvalue weighted by molar-refractivity contribution is 6.36. The third-order valence-electron chi connectivity index (χ3n) is 4.58. The normalized spacial score (nSPS) is 13.4. The molecule has 0 saturated heterocycles. The van der Waals surface area contributed by atoms with E-state index in [0.29, 0.717) is 10.6 Å². The summed E-state index contributed by atoms with van der Waals surface area (Å²) in [6.45, 7) is 1.55. The lowest BCUT2D eigenvalue weighted by Crippen LogP contribution is -2.49. The molecule has 0 aliphatic heterocycles. The summed E-state index contributed by atoms with van der Waals surface area (Å²) in [5, 5.41) is -0.157. The molecular weight excluding hydrogens is 478 g/mol. The van der Waals surface area contributed by atoms with Crippen LogP contribution < -0.4 is 0 Å². The van der Waals surface area contributed by atoms with E-state index in [1.54, 1.807) is 31.2 Å². The monoisotopic (exact) mass is 495 g/mol. The van der Waals surface area contributed by atoms with Gasteiger partial charge < -0.3 is 9.64 Å². The van der Waals surface area contributed by atoms with Crippen LogP contribution in [0, 0.1) is 0 Å². The molecule has 31 heavy (non-hydrogen) atoms. The fraction of sp³-hybridized carbons (Fsp3) is 0.333. The maximum atomic E-state index is 14.0. The minimum absolute atomic E-state index is 0.00295. The minimum Gasteiger partial charge on any atom is -0.464 e. The lowest BCUT2D eigenvalue weighted by molar-refractivity contribution is -0.175. The summed E-state index contributed by atoms with van der Waals surface area (Å²) in [5.74, 6) is -4.87. The average molecular weight is 497 g/mol. The zero-order valence-electron chi connectivity index (χ0n) is 16.6. The van der Waals surface area contributed by atoms with Crippen LogP contribution in [0.4, 0.5) is 13.2 Å². The maximum absolute atomic E-state index is 14.0. The average Bonchev–Trinajstić information content (AvgIpc) is 2.68. The smallest absolute Gasteiger partial charge is 0.404 e. The van der Waals surface area contributed by atoms with Crippen molar-refractivity contribution in [1.29, 1.82) is 0 Å². The second-order valence-corrected chi connectivity index (χ2v) is 7.91. The van der Waals surface area contributed by atoms with Crippen molar-refractivity contribution in [2.24, 2.45) is 0 Å². The van der Waals surface area contributed by atoms with Crippen molar-refractivity contribution in [1.82, 2.24) is 4.90 Å². The number of benzene rings is 2. The number of alkyl halides is 3. The van der Waals surface area contributed by atoms with Gasteiger partial charge in [0.15, 0.2) is 5.92 Å². The molecule has 0 fully saturated rings. The zero-order valence-corrected chi connectivity index (χ0v) is 18.8. The number of hydrogen-bond donors (Lipinski definition) is 0. The molecule has 2 aromatic rings. The third kappa shape index (κ3) is 6.28. The minimum atomic E-state index is -5.00. The van der Waals surface area contributed by atoms with Gasteiger partial charge in [-0.2, -0.15) is 13.2 Å². The highest BCUT2D eigenvalue weighted by Gasteiger charge is 2.50. The molecule has 2 atom stereocenters. The SMILES string of the molecule is CCOC(=O)C(Cc1ccc(Cl)cc1)N(C)C(=O)C(c1c(Cl)cccc1Cl)C(F)(F)F. The van der Waals surface area contributed by atoms with Gasteiger partial charge in [0.2, 0.25) is 5.91 Å². The number of carbonyl (C=O) groups excluding carboxylic acids is 2. The Balaban J connectivity index is 2.46. The Morgan fingerprint density at radius 2 is 1.58 bits per heavy atom. The summed E-state index contributed by atoms with van der Waals surface area (Å²) in [4.78, 5) is 26.3. The molecule has 0 radical (unpaired) electrons. The van der Waals surface area contributed by atoms with Crippen LogP contribution in [0.15, 0.2) is 42.5 Å². The van der Waals surface area contributed by atoms with E-state index in [0.717, 1.165) is 11.9 Å². The number of amides is 1. The zero-order chi connectivity index (χ0) is 23.3. The third-order valence-corrected chi connectivity index (χ3v) is 5.49. The molecule has 0 aromatic heterocycles. The molecule has 0 aliphatic rings. The van der Waals surface area contributed by atoms with E-state index in [2.05, 4.69) is 0 Å². The van der Waals surface area contributed by atoms with Crippen LogP contribution in [-0.2, 0) is 20.7 Å². The van der Waals surface area contributed by atoms with Crippen molar-refractivity contribution in [2.45, 2.75) is 31.5 Å². The Bertz CT molecular complexity index is 915. The molecule has 4 nitrogen and oxygen atoms in total. The summed E-state index contributed by atoms with van der Waals surface area (Å²) in [6.07, 6.45) is -5.07. The van der Waals surface area contributed by atoms with Gasteiger partial charge in [-0.1, -0.05) is 53.0 Å². The molecule has 0 saturated carbocycles. The van der Waals surface area contributed by atoms with E-state index in [4.69, 9.17) is 39.5 Å². The number of nitrogens with zero attached hydrogens (tertiary/aromatic N) is 1. The van der Waals surface area contributed by atoms with Gasteiger partial charge in [0, 0.05) is 34.1 Å². The quantitative estimate of drug-likeness (QED) is 0.447. The number of hydrogen-bond acceptors (Lipinski definition) is 3. The van der Waals surface area contributed by atoms with Gasteiger partial charge in [-0.05, 0) is 36.8 Å². The Morgan fingerprint density at radius 1 is 1.03 bits per heavy atom. The number of likely N-dealkylation sites (N-methyl/N-ethyl adjacent to an activating group) is 1. The predicted octanol–water partition coefficient (Wildman–Crippen LogP) is 5.93. The molecule has 0 heterocycles. The molecular formula is C21H19Cl3F3NO3. The van der Waals surface area contributed by atoms with E-state index < -0.39 is 35.6 Å². The van der Waals surface area contributed by atoms with Crippen LogP contribution in [0.25, 0.3) is 0 Å². The Hall–Kier alpha value is -1.96. The Morgan fingerprint density at radius 3 is 2.06 bits per heavy atom. The highest BCUT2D eigenvalue weighted by atomic mass is 35.5. The molecule has 2 aromatic carbocycles. The molecule has 0 bridgehead atoms. The Kier molecular flexibility index (Phi) is 8.63. The van der Waals surface area contributed by atoms with E-state index >= 15 is 0 Å². The van der Waals surface area contributed by atoms with E-state index in [1.807, 2.05) is 0 Å². The van der Waals surface area contributed by atoms with Gasteiger partial charge in [0.05, 0.1) is 6.61 Å². The van der Waals surface area contributed by atoms with Crippen LogP contribution in [-0.4, -0.2) is 42.6 Å². The van der Waals surface area contributed by atoms with Crippen molar-refractivity contribution in [3.63, 3.8) is 0 Å². The first-order valence-corrected chi connectivity index (χ1v) is 10.3. The van der Waals surface area contributed by atoms with Crippen molar-refractivity contribution in [3.05, 3.63) is 68.7 Å².